The fourth-order valence-electron chi connectivity index (χ4n) is 1.72. The average Bonchev–Trinajstić information content (AvgIpc) is 2.45. The topological polar surface area (TPSA) is 87.8 Å². The Hall–Kier alpha value is -2.09. The van der Waals surface area contributed by atoms with Crippen molar-refractivity contribution < 1.29 is 22.1 Å². The van der Waals surface area contributed by atoms with Crippen LogP contribution in [-0.2, 0) is 14.5 Å². The van der Waals surface area contributed by atoms with Gasteiger partial charge in [-0.2, -0.15) is 8.42 Å². The third-order valence-corrected chi connectivity index (χ3v) is 3.16. The Bertz CT molecular complexity index is 703. The Morgan fingerprint density at radius 2 is 1.64 bits per heavy atom. The second-order valence-corrected chi connectivity index (χ2v) is 5.78. The molecule has 2 aromatic rings. The highest BCUT2D eigenvalue weighted by Gasteiger charge is 2.11. The van der Waals surface area contributed by atoms with Gasteiger partial charge in [-0.05, 0) is 31.2 Å². The summed E-state index contributed by atoms with van der Waals surface area (Å²) in [5.74, 6) is 1.87. The van der Waals surface area contributed by atoms with Crippen LogP contribution in [0.25, 0.3) is 0 Å². The molecule has 2 N–H and O–H groups in total. The molecule has 0 aliphatic rings. The fraction of sp³-hybridized carbons (Fsp3) is 0.200. The second kappa shape index (κ2) is 7.26. The van der Waals surface area contributed by atoms with Gasteiger partial charge in [0.25, 0.3) is 0 Å². The molecule has 0 aliphatic carbocycles. The van der Waals surface area contributed by atoms with Crippen LogP contribution < -0.4 is 14.6 Å². The van der Waals surface area contributed by atoms with Crippen LogP contribution >= 0.6 is 0 Å². The molecular weight excluding hydrogens is 306 g/mol. The molecule has 0 heterocycles. The molecular formula is C15H17NO5S. The van der Waals surface area contributed by atoms with Crippen molar-refractivity contribution >= 4 is 10.3 Å². The van der Waals surface area contributed by atoms with Gasteiger partial charge in [0.15, 0.2) is 0 Å². The minimum absolute atomic E-state index is 0.0468. The molecule has 0 saturated heterocycles. The number of benzene rings is 2. The molecule has 6 nitrogen and oxygen atoms in total. The first-order valence-corrected chi connectivity index (χ1v) is 8.06. The van der Waals surface area contributed by atoms with Gasteiger partial charge in [0.1, 0.15) is 30.0 Å². The highest BCUT2D eigenvalue weighted by molar-refractivity contribution is 7.84. The maximum absolute atomic E-state index is 10.8. The van der Waals surface area contributed by atoms with Crippen LogP contribution in [0.1, 0.15) is 6.92 Å². The van der Waals surface area contributed by atoms with Crippen molar-refractivity contribution in [3.63, 3.8) is 0 Å². The molecule has 0 radical (unpaired) electrons. The van der Waals surface area contributed by atoms with Crippen molar-refractivity contribution in [2.24, 2.45) is 5.14 Å². The number of hydrogen-bond donors (Lipinski definition) is 1. The molecule has 0 spiro atoms. The van der Waals surface area contributed by atoms with Gasteiger partial charge in [0, 0.05) is 6.07 Å². The van der Waals surface area contributed by atoms with Gasteiger partial charge in [-0.3, -0.25) is 4.18 Å². The zero-order chi connectivity index (χ0) is 16.0. The average molecular weight is 323 g/mol. The molecule has 0 amide bonds. The van der Waals surface area contributed by atoms with Crippen LogP contribution in [-0.4, -0.2) is 21.1 Å². The largest absolute Gasteiger partial charge is 0.491 e. The van der Waals surface area contributed by atoms with E-state index >= 15 is 0 Å². The number of rotatable bonds is 7. The lowest BCUT2D eigenvalue weighted by Gasteiger charge is -2.13. The third kappa shape index (κ3) is 5.72. The van der Waals surface area contributed by atoms with Gasteiger partial charge < -0.3 is 9.47 Å². The van der Waals surface area contributed by atoms with E-state index in [4.69, 9.17) is 14.6 Å². The van der Waals surface area contributed by atoms with Gasteiger partial charge >= 0.3 is 10.3 Å². The van der Waals surface area contributed by atoms with Crippen LogP contribution in [0.2, 0.25) is 0 Å². The van der Waals surface area contributed by atoms with Crippen molar-refractivity contribution in [2.75, 3.05) is 6.61 Å². The quantitative estimate of drug-likeness (QED) is 0.845. The Morgan fingerprint density at radius 1 is 1.00 bits per heavy atom. The molecule has 0 fully saturated rings. The SMILES string of the molecule is CC(COc1cccc(Oc2ccccc2)c1)OS(N)(=O)=O. The van der Waals surface area contributed by atoms with Gasteiger partial charge in [-0.1, -0.05) is 24.3 Å². The number of ether oxygens (including phenoxy) is 2. The van der Waals surface area contributed by atoms with Gasteiger partial charge in [-0.25, -0.2) is 5.14 Å². The number of nitrogens with two attached hydrogens (primary N) is 1. The molecule has 1 unspecified atom stereocenters. The van der Waals surface area contributed by atoms with Crippen molar-refractivity contribution in [1.82, 2.24) is 0 Å². The lowest BCUT2D eigenvalue weighted by atomic mass is 10.3. The standard InChI is InChI=1S/C15H17NO5S/c1-12(21-22(16,17)18)11-19-14-8-5-9-15(10-14)20-13-6-3-2-4-7-13/h2-10,12H,11H2,1H3,(H2,16,17,18). The molecule has 1 atom stereocenters. The van der Waals surface area contributed by atoms with E-state index < -0.39 is 16.4 Å². The Labute approximate surface area is 129 Å². The first kappa shape index (κ1) is 16.3. The summed E-state index contributed by atoms with van der Waals surface area (Å²) in [7, 11) is -3.98. The molecule has 2 rings (SSSR count). The van der Waals surface area contributed by atoms with E-state index in [2.05, 4.69) is 4.18 Å². The molecule has 7 heteroatoms. The summed E-state index contributed by atoms with van der Waals surface area (Å²) in [6.45, 7) is 1.60. The minimum Gasteiger partial charge on any atom is -0.491 e. The predicted molar refractivity (Wildman–Crippen MR) is 82.1 cm³/mol. The summed E-state index contributed by atoms with van der Waals surface area (Å²) in [5.41, 5.74) is 0. The maximum Gasteiger partial charge on any atom is 0.333 e. The molecule has 118 valence electrons. The van der Waals surface area contributed by atoms with E-state index in [1.165, 1.54) is 0 Å². The highest BCUT2D eigenvalue weighted by atomic mass is 32.2. The van der Waals surface area contributed by atoms with Crippen molar-refractivity contribution in [3.8, 4) is 17.2 Å². The summed E-state index contributed by atoms with van der Waals surface area (Å²) < 4.78 is 37.3. The Balaban J connectivity index is 1.94. The van der Waals surface area contributed by atoms with Crippen LogP contribution in [0.15, 0.2) is 54.6 Å². The lowest BCUT2D eigenvalue weighted by Crippen LogP contribution is -2.26. The maximum atomic E-state index is 10.8. The van der Waals surface area contributed by atoms with E-state index in [1.54, 1.807) is 31.2 Å². The zero-order valence-electron chi connectivity index (χ0n) is 12.0. The molecule has 0 bridgehead atoms. The van der Waals surface area contributed by atoms with Crippen molar-refractivity contribution in [1.29, 1.82) is 0 Å². The molecule has 22 heavy (non-hydrogen) atoms. The number of hydrogen-bond acceptors (Lipinski definition) is 5. The Kier molecular flexibility index (Phi) is 5.37. The second-order valence-electron chi connectivity index (χ2n) is 4.60. The number of para-hydroxylation sites is 1. The summed E-state index contributed by atoms with van der Waals surface area (Å²) in [6.07, 6.45) is -0.686. The lowest BCUT2D eigenvalue weighted by molar-refractivity contribution is 0.149. The fourth-order valence-corrected chi connectivity index (χ4v) is 2.24. The van der Waals surface area contributed by atoms with E-state index in [0.717, 1.165) is 0 Å². The highest BCUT2D eigenvalue weighted by Crippen LogP contribution is 2.25. The molecule has 0 aromatic heterocycles. The smallest absolute Gasteiger partial charge is 0.333 e. The zero-order valence-corrected chi connectivity index (χ0v) is 12.8. The van der Waals surface area contributed by atoms with Gasteiger partial charge in [-0.15, -0.1) is 0 Å². The Morgan fingerprint density at radius 3 is 2.32 bits per heavy atom. The van der Waals surface area contributed by atoms with Gasteiger partial charge in [0.05, 0.1) is 0 Å². The minimum atomic E-state index is -3.98. The van der Waals surface area contributed by atoms with Gasteiger partial charge in [0.2, 0.25) is 0 Å². The van der Waals surface area contributed by atoms with Crippen molar-refractivity contribution in [3.05, 3.63) is 54.6 Å². The van der Waals surface area contributed by atoms with E-state index in [1.807, 2.05) is 30.3 Å². The van der Waals surface area contributed by atoms with Crippen LogP contribution in [0.5, 0.6) is 17.2 Å². The monoisotopic (exact) mass is 323 g/mol. The van der Waals surface area contributed by atoms with Crippen LogP contribution in [0.3, 0.4) is 0 Å². The summed E-state index contributed by atoms with van der Waals surface area (Å²) >= 11 is 0. The summed E-state index contributed by atoms with van der Waals surface area (Å²) in [5, 5.41) is 4.79. The third-order valence-electron chi connectivity index (χ3n) is 2.57. The molecule has 0 saturated carbocycles. The van der Waals surface area contributed by atoms with Crippen molar-refractivity contribution in [2.45, 2.75) is 13.0 Å². The van der Waals surface area contributed by atoms with E-state index in [0.29, 0.717) is 17.2 Å². The van der Waals surface area contributed by atoms with Crippen LogP contribution in [0.4, 0.5) is 0 Å². The first-order chi connectivity index (χ1) is 10.4. The molecule has 0 aliphatic heterocycles. The van der Waals surface area contributed by atoms with E-state index in [-0.39, 0.29) is 6.61 Å². The summed E-state index contributed by atoms with van der Waals surface area (Å²) in [6, 6.07) is 16.4. The normalized spacial score (nSPS) is 12.6. The van der Waals surface area contributed by atoms with Crippen LogP contribution in [0, 0.1) is 0 Å². The first-order valence-electron chi connectivity index (χ1n) is 6.59. The summed E-state index contributed by atoms with van der Waals surface area (Å²) in [4.78, 5) is 0. The van der Waals surface area contributed by atoms with E-state index in [9.17, 15) is 8.42 Å². The molecule has 2 aromatic carbocycles. The predicted octanol–water partition coefficient (Wildman–Crippen LogP) is 2.47.